The number of hydrogen-bond donors (Lipinski definition) is 1. The molecule has 1 atom stereocenters. The molecule has 0 bridgehead atoms. The first-order valence-electron chi connectivity index (χ1n) is 9.07. The van der Waals surface area contributed by atoms with Crippen molar-refractivity contribution in [3.63, 3.8) is 0 Å². The first-order valence-corrected chi connectivity index (χ1v) is 9.44. The molecule has 150 valence electrons. The summed E-state index contributed by atoms with van der Waals surface area (Å²) in [5.74, 6) is 1.22. The average molecular weight is 423 g/mol. The van der Waals surface area contributed by atoms with Gasteiger partial charge in [-0.1, -0.05) is 35.0 Å². The molecule has 7 nitrogen and oxygen atoms in total. The smallest absolute Gasteiger partial charge is 0.261 e. The molecule has 1 aliphatic heterocycles. The highest BCUT2D eigenvalue weighted by Crippen LogP contribution is 2.28. The number of aromatic nitrogens is 4. The molecule has 1 N–H and O–H groups in total. The van der Waals surface area contributed by atoms with Gasteiger partial charge in [0, 0.05) is 30.4 Å². The van der Waals surface area contributed by atoms with Crippen LogP contribution in [0, 0.1) is 13.8 Å². The van der Waals surface area contributed by atoms with Crippen LogP contribution in [-0.2, 0) is 6.54 Å². The van der Waals surface area contributed by atoms with Crippen LogP contribution in [0.5, 0.6) is 0 Å². The topological polar surface area (TPSA) is 72.0 Å². The van der Waals surface area contributed by atoms with Crippen molar-refractivity contribution in [1.29, 1.82) is 0 Å². The number of halogens is 2. The molecule has 0 aliphatic carbocycles. The van der Waals surface area contributed by atoms with E-state index in [-0.39, 0.29) is 18.4 Å². The lowest BCUT2D eigenvalue weighted by Gasteiger charge is -2.30. The maximum atomic E-state index is 6.30. The van der Waals surface area contributed by atoms with Crippen LogP contribution >= 0.6 is 24.0 Å². The third-order valence-electron chi connectivity index (χ3n) is 5.12. The molecular formula is C19H24Cl2N6O. The molecule has 1 unspecified atom stereocenters. The lowest BCUT2D eigenvalue weighted by atomic mass is 10.1. The van der Waals surface area contributed by atoms with Gasteiger partial charge in [0.25, 0.3) is 5.89 Å². The molecule has 0 saturated carbocycles. The number of benzene rings is 1. The first-order chi connectivity index (χ1) is 13.0. The van der Waals surface area contributed by atoms with Gasteiger partial charge in [-0.2, -0.15) is 10.1 Å². The van der Waals surface area contributed by atoms with Gasteiger partial charge in [-0.25, -0.2) is 0 Å². The van der Waals surface area contributed by atoms with Crippen molar-refractivity contribution >= 4 is 24.0 Å². The van der Waals surface area contributed by atoms with Crippen LogP contribution in [0.25, 0.3) is 11.5 Å². The quantitative estimate of drug-likeness (QED) is 0.695. The zero-order valence-electron chi connectivity index (χ0n) is 16.1. The van der Waals surface area contributed by atoms with Crippen LogP contribution in [0.15, 0.2) is 28.8 Å². The summed E-state index contributed by atoms with van der Waals surface area (Å²) >= 11 is 6.30. The van der Waals surface area contributed by atoms with Crippen molar-refractivity contribution in [2.24, 2.45) is 0 Å². The van der Waals surface area contributed by atoms with Gasteiger partial charge in [-0.3, -0.25) is 9.58 Å². The molecule has 3 heterocycles. The van der Waals surface area contributed by atoms with Crippen LogP contribution < -0.4 is 5.32 Å². The van der Waals surface area contributed by atoms with E-state index in [1.54, 1.807) is 0 Å². The fourth-order valence-corrected chi connectivity index (χ4v) is 3.71. The standard InChI is InChI=1S/C19H23ClN6O.ClH/c1-12-17(13(2)26(23-12)11-14-6-4-5-7-15(14)20)19-22-18(24-27-19)16-10-21-8-9-25(16)3;/h4-7,16,21H,8-11H2,1-3H3;1H. The summed E-state index contributed by atoms with van der Waals surface area (Å²) in [5, 5.41) is 13.0. The normalized spacial score (nSPS) is 17.5. The largest absolute Gasteiger partial charge is 0.334 e. The average Bonchev–Trinajstić information content (AvgIpc) is 3.22. The van der Waals surface area contributed by atoms with E-state index in [2.05, 4.69) is 32.5 Å². The van der Waals surface area contributed by atoms with Crippen LogP contribution in [-0.4, -0.2) is 51.5 Å². The van der Waals surface area contributed by atoms with E-state index >= 15 is 0 Å². The second-order valence-corrected chi connectivity index (χ2v) is 7.36. The number of hydrogen-bond acceptors (Lipinski definition) is 6. The minimum absolute atomic E-state index is 0. The first kappa shape index (κ1) is 20.8. The van der Waals surface area contributed by atoms with Gasteiger partial charge in [0.2, 0.25) is 0 Å². The molecule has 9 heteroatoms. The SMILES string of the molecule is Cc1nn(Cc2ccccc2Cl)c(C)c1-c1nc(C2CNCCN2C)no1.Cl. The molecule has 0 spiro atoms. The van der Waals surface area contributed by atoms with E-state index in [0.717, 1.165) is 47.2 Å². The number of piperazine rings is 1. The molecular weight excluding hydrogens is 399 g/mol. The Kier molecular flexibility index (Phi) is 6.40. The highest BCUT2D eigenvalue weighted by Gasteiger charge is 2.27. The lowest BCUT2D eigenvalue weighted by molar-refractivity contribution is 0.190. The van der Waals surface area contributed by atoms with Crippen molar-refractivity contribution in [1.82, 2.24) is 30.1 Å². The Morgan fingerprint density at radius 2 is 2.07 bits per heavy atom. The fourth-order valence-electron chi connectivity index (χ4n) is 3.51. The summed E-state index contributed by atoms with van der Waals surface area (Å²) in [6.45, 7) is 7.34. The van der Waals surface area contributed by atoms with Crippen LogP contribution in [0.4, 0.5) is 0 Å². The number of rotatable bonds is 4. The van der Waals surface area contributed by atoms with Crippen molar-refractivity contribution in [3.8, 4) is 11.5 Å². The molecule has 28 heavy (non-hydrogen) atoms. The second kappa shape index (κ2) is 8.61. The summed E-state index contributed by atoms with van der Waals surface area (Å²) in [6, 6.07) is 7.93. The Bertz CT molecular complexity index is 954. The van der Waals surface area contributed by atoms with Gasteiger partial charge < -0.3 is 9.84 Å². The summed E-state index contributed by atoms with van der Waals surface area (Å²) in [4.78, 5) is 6.92. The van der Waals surface area contributed by atoms with Crippen LogP contribution in [0.1, 0.15) is 28.8 Å². The van der Waals surface area contributed by atoms with E-state index in [4.69, 9.17) is 16.1 Å². The maximum absolute atomic E-state index is 6.30. The fraction of sp³-hybridized carbons (Fsp3) is 0.421. The molecule has 0 radical (unpaired) electrons. The minimum Gasteiger partial charge on any atom is -0.334 e. The number of aryl methyl sites for hydroxylation is 1. The number of likely N-dealkylation sites (N-methyl/N-ethyl adjacent to an activating group) is 1. The zero-order valence-corrected chi connectivity index (χ0v) is 17.7. The molecule has 1 aromatic carbocycles. The second-order valence-electron chi connectivity index (χ2n) is 6.95. The summed E-state index contributed by atoms with van der Waals surface area (Å²) in [5.41, 5.74) is 3.77. The third-order valence-corrected chi connectivity index (χ3v) is 5.49. The predicted octanol–water partition coefficient (Wildman–Crippen LogP) is 3.25. The van der Waals surface area contributed by atoms with Crippen molar-refractivity contribution < 1.29 is 4.52 Å². The molecule has 1 saturated heterocycles. The van der Waals surface area contributed by atoms with Gasteiger partial charge >= 0.3 is 0 Å². The van der Waals surface area contributed by atoms with Crippen molar-refractivity contribution in [2.75, 3.05) is 26.7 Å². The molecule has 2 aromatic heterocycles. The Morgan fingerprint density at radius 3 is 2.82 bits per heavy atom. The lowest BCUT2D eigenvalue weighted by Crippen LogP contribution is -2.44. The van der Waals surface area contributed by atoms with Gasteiger partial charge in [0.15, 0.2) is 5.82 Å². The minimum atomic E-state index is 0. The van der Waals surface area contributed by atoms with Crippen molar-refractivity contribution in [3.05, 3.63) is 52.1 Å². The zero-order chi connectivity index (χ0) is 19.0. The Hall–Kier alpha value is -1.93. The van der Waals surface area contributed by atoms with E-state index in [0.29, 0.717) is 18.3 Å². The predicted molar refractivity (Wildman–Crippen MR) is 111 cm³/mol. The Labute approximate surface area is 175 Å². The molecule has 1 fully saturated rings. The van der Waals surface area contributed by atoms with Gasteiger partial charge in [0.1, 0.15) is 0 Å². The van der Waals surface area contributed by atoms with Gasteiger partial charge in [-0.15, -0.1) is 12.4 Å². The van der Waals surface area contributed by atoms with E-state index in [1.165, 1.54) is 0 Å². The van der Waals surface area contributed by atoms with E-state index in [1.807, 2.05) is 42.8 Å². The maximum Gasteiger partial charge on any atom is 0.261 e. The number of nitrogens with one attached hydrogen (secondary N) is 1. The summed E-state index contributed by atoms with van der Waals surface area (Å²) < 4.78 is 7.54. The van der Waals surface area contributed by atoms with Gasteiger partial charge in [-0.05, 0) is 32.5 Å². The van der Waals surface area contributed by atoms with Crippen LogP contribution in [0.2, 0.25) is 5.02 Å². The van der Waals surface area contributed by atoms with Crippen molar-refractivity contribution in [2.45, 2.75) is 26.4 Å². The van der Waals surface area contributed by atoms with E-state index in [9.17, 15) is 0 Å². The highest BCUT2D eigenvalue weighted by molar-refractivity contribution is 6.31. The monoisotopic (exact) mass is 422 g/mol. The molecule has 4 rings (SSSR count). The third kappa shape index (κ3) is 3.93. The Balaban J connectivity index is 0.00000225. The van der Waals surface area contributed by atoms with Crippen LogP contribution in [0.3, 0.4) is 0 Å². The van der Waals surface area contributed by atoms with E-state index < -0.39 is 0 Å². The number of nitrogens with zero attached hydrogens (tertiary/aromatic N) is 5. The summed E-state index contributed by atoms with van der Waals surface area (Å²) in [6.07, 6.45) is 0. The highest BCUT2D eigenvalue weighted by atomic mass is 35.5. The molecule has 1 aliphatic rings. The van der Waals surface area contributed by atoms with Gasteiger partial charge in [0.05, 0.1) is 23.8 Å². The molecule has 3 aromatic rings. The molecule has 0 amide bonds. The Morgan fingerprint density at radius 1 is 1.29 bits per heavy atom. The summed E-state index contributed by atoms with van der Waals surface area (Å²) in [7, 11) is 2.08.